The number of halogens is 8. The highest BCUT2D eigenvalue weighted by molar-refractivity contribution is 7.98. The molecule has 2 atom stereocenters. The zero-order valence-corrected chi connectivity index (χ0v) is 23.8. The van der Waals surface area contributed by atoms with Crippen molar-refractivity contribution < 1.29 is 40.3 Å². The van der Waals surface area contributed by atoms with Crippen LogP contribution in [0.3, 0.4) is 0 Å². The zero-order valence-electron chi connectivity index (χ0n) is 22.3. The highest BCUT2D eigenvalue weighted by atomic mass is 35.5. The number of carbonyl (C=O) groups excluding carboxylic acids is 1. The van der Waals surface area contributed by atoms with Crippen LogP contribution in [0.25, 0.3) is 11.1 Å². The molecule has 0 aromatic heterocycles. The third-order valence-electron chi connectivity index (χ3n) is 6.98. The summed E-state index contributed by atoms with van der Waals surface area (Å²) >= 11 is 7.86. The molecule has 3 nitrogen and oxygen atoms in total. The minimum absolute atomic E-state index is 0.0285. The lowest BCUT2D eigenvalue weighted by Gasteiger charge is -2.24. The second-order valence-electron chi connectivity index (χ2n) is 10.0. The van der Waals surface area contributed by atoms with Gasteiger partial charge in [0.15, 0.2) is 0 Å². The lowest BCUT2D eigenvalue weighted by molar-refractivity contribution is -0.143. The number of alkyl halides is 6. The number of amides is 1. The third kappa shape index (κ3) is 6.45. The standard InChI is InChI=1S/C29H25ClF7NO2S/c1-14(2)22-11-23(24(30)12-25(22)31)21-6-5-20(41-4)9-17(21)13-38-15(3)26(40-27(38)39)16-7-18(28(32,33)34)10-19(8-16)29(35,36)37/h5-12,14-15,26H,13H2,1-4H3/t15-,26?/m0/s1. The first kappa shape index (κ1) is 31.0. The maximum Gasteiger partial charge on any atom is 0.416 e. The molecule has 1 heterocycles. The molecule has 3 aromatic carbocycles. The topological polar surface area (TPSA) is 29.5 Å². The van der Waals surface area contributed by atoms with Gasteiger partial charge in [-0.2, -0.15) is 26.3 Å². The van der Waals surface area contributed by atoms with Gasteiger partial charge in [-0.25, -0.2) is 9.18 Å². The van der Waals surface area contributed by atoms with Crippen molar-refractivity contribution in [1.82, 2.24) is 4.90 Å². The van der Waals surface area contributed by atoms with Crippen molar-refractivity contribution in [1.29, 1.82) is 0 Å². The van der Waals surface area contributed by atoms with Gasteiger partial charge in [-0.05, 0) is 83.8 Å². The Balaban J connectivity index is 1.75. The molecule has 1 aliphatic rings. The largest absolute Gasteiger partial charge is 0.439 e. The highest BCUT2D eigenvalue weighted by Crippen LogP contribution is 2.42. The molecule has 1 aliphatic heterocycles. The molecule has 3 aromatic rings. The molecule has 0 saturated carbocycles. The summed E-state index contributed by atoms with van der Waals surface area (Å²) in [4.78, 5) is 15.0. The molecule has 1 saturated heterocycles. The fourth-order valence-corrected chi connectivity index (χ4v) is 5.51. The number of rotatable bonds is 6. The SMILES string of the molecule is CSc1ccc(-c2cc(C(C)C)c(F)cc2Cl)c(CN2C(=O)OC(c3cc(C(F)(F)F)cc(C(F)(F)F)c3)[C@@H]2C)c1. The van der Waals surface area contributed by atoms with Crippen LogP contribution in [0.1, 0.15) is 60.6 Å². The van der Waals surface area contributed by atoms with Crippen molar-refractivity contribution >= 4 is 29.5 Å². The fourth-order valence-electron chi connectivity index (χ4n) is 4.79. The average Bonchev–Trinajstić information content (AvgIpc) is 3.16. The van der Waals surface area contributed by atoms with Gasteiger partial charge < -0.3 is 4.74 Å². The summed E-state index contributed by atoms with van der Waals surface area (Å²) in [5, 5.41) is 0.142. The number of nitrogens with zero attached hydrogens (tertiary/aromatic N) is 1. The molecule has 220 valence electrons. The maximum absolute atomic E-state index is 14.6. The van der Waals surface area contributed by atoms with E-state index in [9.17, 15) is 35.5 Å². The van der Waals surface area contributed by atoms with Gasteiger partial charge in [0.25, 0.3) is 0 Å². The monoisotopic (exact) mass is 619 g/mol. The molecule has 1 unspecified atom stereocenters. The number of ether oxygens (including phenoxy) is 1. The van der Waals surface area contributed by atoms with Crippen molar-refractivity contribution in [2.45, 2.75) is 62.6 Å². The molecule has 0 aliphatic carbocycles. The van der Waals surface area contributed by atoms with Crippen LogP contribution in [0.4, 0.5) is 35.5 Å². The maximum atomic E-state index is 14.6. The number of hydrogen-bond donors (Lipinski definition) is 0. The van der Waals surface area contributed by atoms with Gasteiger partial charge in [0, 0.05) is 10.5 Å². The van der Waals surface area contributed by atoms with E-state index in [4.69, 9.17) is 16.3 Å². The Hall–Kier alpha value is -2.92. The van der Waals surface area contributed by atoms with Gasteiger partial charge in [-0.3, -0.25) is 4.90 Å². The summed E-state index contributed by atoms with van der Waals surface area (Å²) in [6.45, 7) is 5.06. The third-order valence-corrected chi connectivity index (χ3v) is 8.02. The Morgan fingerprint density at radius 2 is 1.56 bits per heavy atom. The Bertz CT molecular complexity index is 1440. The Labute approximate surface area is 241 Å². The molecule has 0 bridgehead atoms. The number of thioether (sulfide) groups is 1. The van der Waals surface area contributed by atoms with Crippen molar-refractivity contribution in [2.24, 2.45) is 0 Å². The van der Waals surface area contributed by atoms with E-state index < -0.39 is 53.1 Å². The van der Waals surface area contributed by atoms with Gasteiger partial charge in [0.05, 0.1) is 28.7 Å². The van der Waals surface area contributed by atoms with Crippen molar-refractivity contribution in [3.63, 3.8) is 0 Å². The minimum atomic E-state index is -5.04. The van der Waals surface area contributed by atoms with E-state index in [1.54, 1.807) is 18.2 Å². The van der Waals surface area contributed by atoms with Crippen LogP contribution in [0, 0.1) is 5.82 Å². The first-order valence-corrected chi connectivity index (χ1v) is 14.0. The number of benzene rings is 3. The van der Waals surface area contributed by atoms with Crippen molar-refractivity contribution in [3.05, 3.63) is 87.2 Å². The molecular formula is C29H25ClF7NO2S. The van der Waals surface area contributed by atoms with Gasteiger partial charge in [0.2, 0.25) is 0 Å². The summed E-state index contributed by atoms with van der Waals surface area (Å²) in [6.07, 6.45) is -10.5. The molecule has 1 amide bonds. The van der Waals surface area contributed by atoms with Crippen LogP contribution in [-0.4, -0.2) is 23.3 Å². The van der Waals surface area contributed by atoms with Gasteiger partial charge in [0.1, 0.15) is 11.9 Å². The van der Waals surface area contributed by atoms with E-state index in [0.29, 0.717) is 34.4 Å². The summed E-state index contributed by atoms with van der Waals surface area (Å²) in [5.74, 6) is -0.613. The first-order valence-electron chi connectivity index (χ1n) is 12.4. The van der Waals surface area contributed by atoms with Gasteiger partial charge >= 0.3 is 18.4 Å². The summed E-state index contributed by atoms with van der Waals surface area (Å²) < 4.78 is 101. The number of carbonyl (C=O) groups is 1. The molecule has 0 radical (unpaired) electrons. The van der Waals surface area contributed by atoms with E-state index in [0.717, 1.165) is 4.90 Å². The quantitative estimate of drug-likeness (QED) is 0.203. The smallest absolute Gasteiger partial charge is 0.416 e. The van der Waals surface area contributed by atoms with Crippen molar-refractivity contribution in [3.8, 4) is 11.1 Å². The van der Waals surface area contributed by atoms with Crippen LogP contribution in [0.15, 0.2) is 53.4 Å². The zero-order chi connectivity index (χ0) is 30.4. The second-order valence-corrected chi connectivity index (χ2v) is 11.3. The Morgan fingerprint density at radius 3 is 2.10 bits per heavy atom. The normalized spacial score (nSPS) is 17.9. The summed E-state index contributed by atoms with van der Waals surface area (Å²) in [5.41, 5.74) is -1.28. The summed E-state index contributed by atoms with van der Waals surface area (Å²) in [6, 6.07) is 8.49. The summed E-state index contributed by atoms with van der Waals surface area (Å²) in [7, 11) is 0. The predicted octanol–water partition coefficient (Wildman–Crippen LogP) is 10.1. The van der Waals surface area contributed by atoms with Crippen LogP contribution >= 0.6 is 23.4 Å². The molecule has 4 rings (SSSR count). The van der Waals surface area contributed by atoms with Crippen LogP contribution in [-0.2, 0) is 23.6 Å². The van der Waals surface area contributed by atoms with Crippen LogP contribution in [0.2, 0.25) is 5.02 Å². The molecule has 12 heteroatoms. The van der Waals surface area contributed by atoms with E-state index in [1.165, 1.54) is 29.7 Å². The average molecular weight is 620 g/mol. The Morgan fingerprint density at radius 1 is 0.951 bits per heavy atom. The van der Waals surface area contributed by atoms with Gasteiger partial charge in [-0.15, -0.1) is 11.8 Å². The Kier molecular flexibility index (Phi) is 8.62. The van der Waals surface area contributed by atoms with Crippen LogP contribution in [0.5, 0.6) is 0 Å². The van der Waals surface area contributed by atoms with E-state index in [-0.39, 0.29) is 23.6 Å². The fraction of sp³-hybridized carbons (Fsp3) is 0.345. The van der Waals surface area contributed by atoms with Crippen LogP contribution < -0.4 is 0 Å². The van der Waals surface area contributed by atoms with Gasteiger partial charge in [-0.1, -0.05) is 31.5 Å². The molecular weight excluding hydrogens is 595 g/mol. The molecule has 1 fully saturated rings. The molecule has 0 spiro atoms. The van der Waals surface area contributed by atoms with E-state index in [2.05, 4.69) is 0 Å². The lowest BCUT2D eigenvalue weighted by atomic mass is 9.93. The minimum Gasteiger partial charge on any atom is -0.439 e. The van der Waals surface area contributed by atoms with Crippen molar-refractivity contribution in [2.75, 3.05) is 6.26 Å². The highest BCUT2D eigenvalue weighted by Gasteiger charge is 2.43. The molecule has 41 heavy (non-hydrogen) atoms. The van der Waals surface area contributed by atoms with E-state index >= 15 is 0 Å². The lowest BCUT2D eigenvalue weighted by Crippen LogP contribution is -2.31. The second kappa shape index (κ2) is 11.4. The predicted molar refractivity (Wildman–Crippen MR) is 143 cm³/mol. The number of cyclic esters (lactones) is 1. The number of hydrogen-bond acceptors (Lipinski definition) is 3. The first-order chi connectivity index (χ1) is 19.0. The molecule has 0 N–H and O–H groups in total. The van der Waals surface area contributed by atoms with E-state index in [1.807, 2.05) is 26.2 Å².